The Morgan fingerprint density at radius 2 is 1.53 bits per heavy atom. The van der Waals surface area contributed by atoms with Gasteiger partial charge in [-0.25, -0.2) is 0 Å². The zero-order chi connectivity index (χ0) is 24.6. The lowest BCUT2D eigenvalue weighted by Crippen LogP contribution is -2.67. The minimum absolute atomic E-state index is 0.198. The predicted molar refractivity (Wildman–Crippen MR) is 132 cm³/mol. The van der Waals surface area contributed by atoms with Gasteiger partial charge in [0.1, 0.15) is 12.2 Å². The van der Waals surface area contributed by atoms with E-state index in [9.17, 15) is 9.90 Å². The normalized spacial score (nSPS) is 27.2. The largest absolute Gasteiger partial charge is 0.405 e. The van der Waals surface area contributed by atoms with Gasteiger partial charge in [-0.15, -0.1) is 0 Å². The summed E-state index contributed by atoms with van der Waals surface area (Å²) in [6, 6.07) is 20.7. The van der Waals surface area contributed by atoms with Gasteiger partial charge in [-0.1, -0.05) is 81.4 Å². The second-order valence-corrected chi connectivity index (χ2v) is 14.6. The standard InChI is InChI=1S/C27H34O6Si/c1-26(2,3)34(19-12-8-6-9-13-19,20-14-10-7-11-15-20)30-18-22-25(33-27(4,5)32-22)24-21(28)16-17-23(29)31-24/h6-17,22-25,29H,18H2,1-5H3/t22-,23+,24+,25+/m0/s1. The van der Waals surface area contributed by atoms with Crippen molar-refractivity contribution in [2.45, 2.75) is 70.0 Å². The topological polar surface area (TPSA) is 74.2 Å². The monoisotopic (exact) mass is 482 g/mol. The molecule has 1 N–H and O–H groups in total. The molecule has 4 rings (SSSR count). The van der Waals surface area contributed by atoms with Crippen LogP contribution in [0.2, 0.25) is 5.04 Å². The van der Waals surface area contributed by atoms with Crippen LogP contribution in [0.1, 0.15) is 34.6 Å². The number of aliphatic hydroxyl groups is 1. The molecular formula is C27H34O6Si. The third-order valence-electron chi connectivity index (χ3n) is 6.39. The van der Waals surface area contributed by atoms with Gasteiger partial charge in [-0.2, -0.15) is 0 Å². The molecule has 0 aromatic heterocycles. The summed E-state index contributed by atoms with van der Waals surface area (Å²) in [6.07, 6.45) is -0.714. The van der Waals surface area contributed by atoms with Crippen molar-refractivity contribution in [2.75, 3.05) is 6.61 Å². The Bertz CT molecular complexity index is 975. The van der Waals surface area contributed by atoms with E-state index in [1.165, 1.54) is 12.2 Å². The summed E-state index contributed by atoms with van der Waals surface area (Å²) in [5, 5.41) is 12.1. The first-order chi connectivity index (χ1) is 16.0. The number of ether oxygens (including phenoxy) is 3. The van der Waals surface area contributed by atoms with E-state index in [1.54, 1.807) is 0 Å². The molecule has 1 saturated heterocycles. The molecule has 0 saturated carbocycles. The predicted octanol–water partition coefficient (Wildman–Crippen LogP) is 2.93. The number of rotatable bonds is 6. The van der Waals surface area contributed by atoms with Gasteiger partial charge in [0, 0.05) is 0 Å². The molecule has 0 bridgehead atoms. The Balaban J connectivity index is 1.71. The Morgan fingerprint density at radius 1 is 0.971 bits per heavy atom. The zero-order valence-corrected chi connectivity index (χ0v) is 21.4. The first-order valence-electron chi connectivity index (χ1n) is 11.7. The number of carbonyl (C=O) groups excluding carboxylic acids is 1. The highest BCUT2D eigenvalue weighted by Crippen LogP contribution is 2.39. The summed E-state index contributed by atoms with van der Waals surface area (Å²) in [6.45, 7) is 10.5. The molecule has 2 aliphatic rings. The third-order valence-corrected chi connectivity index (χ3v) is 11.4. The van der Waals surface area contributed by atoms with Gasteiger partial charge < -0.3 is 23.7 Å². The van der Waals surface area contributed by atoms with Crippen LogP contribution in [-0.2, 0) is 23.4 Å². The number of carbonyl (C=O) groups is 1. The molecule has 7 heteroatoms. The van der Waals surface area contributed by atoms with Crippen molar-refractivity contribution in [1.82, 2.24) is 0 Å². The molecule has 0 unspecified atom stereocenters. The number of benzene rings is 2. The lowest BCUT2D eigenvalue weighted by atomic mass is 10.0. The minimum Gasteiger partial charge on any atom is -0.405 e. The molecule has 0 aliphatic carbocycles. The van der Waals surface area contributed by atoms with Gasteiger partial charge in [0.25, 0.3) is 8.32 Å². The van der Waals surface area contributed by atoms with Gasteiger partial charge in [0.05, 0.1) is 6.61 Å². The highest BCUT2D eigenvalue weighted by Gasteiger charge is 2.53. The Hall–Kier alpha value is -2.13. The van der Waals surface area contributed by atoms with Crippen LogP contribution >= 0.6 is 0 Å². The summed E-state index contributed by atoms with van der Waals surface area (Å²) in [4.78, 5) is 12.6. The van der Waals surface area contributed by atoms with Crippen molar-refractivity contribution < 1.29 is 28.5 Å². The second kappa shape index (κ2) is 9.49. The number of hydrogen-bond donors (Lipinski definition) is 1. The summed E-state index contributed by atoms with van der Waals surface area (Å²) in [7, 11) is -2.80. The number of aliphatic hydroxyl groups excluding tert-OH is 1. The van der Waals surface area contributed by atoms with Crippen molar-refractivity contribution in [2.24, 2.45) is 0 Å². The number of ketones is 1. The van der Waals surface area contributed by atoms with Crippen molar-refractivity contribution in [3.63, 3.8) is 0 Å². The zero-order valence-electron chi connectivity index (χ0n) is 20.4. The summed E-state index contributed by atoms with van der Waals surface area (Å²) >= 11 is 0. The average molecular weight is 483 g/mol. The molecule has 0 radical (unpaired) electrons. The van der Waals surface area contributed by atoms with Crippen molar-refractivity contribution in [3.8, 4) is 0 Å². The molecule has 2 aliphatic heterocycles. The van der Waals surface area contributed by atoms with Crippen molar-refractivity contribution >= 4 is 24.5 Å². The van der Waals surface area contributed by atoms with Gasteiger partial charge in [0.2, 0.25) is 0 Å². The van der Waals surface area contributed by atoms with Crippen molar-refractivity contribution in [1.29, 1.82) is 0 Å². The summed E-state index contributed by atoms with van der Waals surface area (Å²) in [5.74, 6) is -1.17. The van der Waals surface area contributed by atoms with Crippen LogP contribution in [-0.4, -0.2) is 56.2 Å². The van der Waals surface area contributed by atoms with Gasteiger partial charge in [-0.3, -0.25) is 4.79 Å². The number of hydrogen-bond acceptors (Lipinski definition) is 6. The van der Waals surface area contributed by atoms with Gasteiger partial charge >= 0.3 is 0 Å². The Labute approximate surface area is 202 Å². The maximum Gasteiger partial charge on any atom is 0.261 e. The second-order valence-electron chi connectivity index (χ2n) is 10.3. The van der Waals surface area contributed by atoms with E-state index in [0.717, 1.165) is 10.4 Å². The van der Waals surface area contributed by atoms with Crippen LogP contribution < -0.4 is 10.4 Å². The molecule has 2 aromatic carbocycles. The van der Waals surface area contributed by atoms with Crippen LogP contribution in [0.25, 0.3) is 0 Å². The minimum atomic E-state index is -2.80. The molecule has 4 atom stereocenters. The molecule has 6 nitrogen and oxygen atoms in total. The Morgan fingerprint density at radius 3 is 2.06 bits per heavy atom. The fourth-order valence-electron chi connectivity index (χ4n) is 4.99. The fourth-order valence-corrected chi connectivity index (χ4v) is 9.56. The highest BCUT2D eigenvalue weighted by atomic mass is 28.4. The van der Waals surface area contributed by atoms with E-state index >= 15 is 0 Å². The van der Waals surface area contributed by atoms with E-state index in [2.05, 4.69) is 45.0 Å². The van der Waals surface area contributed by atoms with E-state index in [0.29, 0.717) is 0 Å². The van der Waals surface area contributed by atoms with E-state index < -0.39 is 38.7 Å². The summed E-state index contributed by atoms with van der Waals surface area (Å²) in [5.41, 5.74) is 0. The summed E-state index contributed by atoms with van der Waals surface area (Å²) < 4.78 is 24.9. The van der Waals surface area contributed by atoms with E-state index in [1.807, 2.05) is 50.2 Å². The van der Waals surface area contributed by atoms with E-state index in [4.69, 9.17) is 18.6 Å². The van der Waals surface area contributed by atoms with Crippen molar-refractivity contribution in [3.05, 3.63) is 72.8 Å². The smallest absolute Gasteiger partial charge is 0.261 e. The molecular weight excluding hydrogens is 448 g/mol. The molecule has 182 valence electrons. The molecule has 2 aromatic rings. The van der Waals surface area contributed by atoms with Gasteiger partial charge in [-0.05, 0) is 41.4 Å². The van der Waals surface area contributed by atoms with Crippen LogP contribution in [0.15, 0.2) is 72.8 Å². The SMILES string of the molecule is CC1(C)O[C@@H]([C@@H]2O[C@@H](O)C=CC2=O)[C@H](CO[Si](c2ccccc2)(c2ccccc2)C(C)(C)C)O1. The van der Waals surface area contributed by atoms with Crippen LogP contribution in [0.4, 0.5) is 0 Å². The fraction of sp³-hybridized carbons (Fsp3) is 0.444. The van der Waals surface area contributed by atoms with E-state index in [-0.39, 0.29) is 17.4 Å². The molecule has 34 heavy (non-hydrogen) atoms. The lowest BCUT2D eigenvalue weighted by molar-refractivity contribution is -0.185. The molecule has 1 fully saturated rings. The molecule has 0 amide bonds. The lowest BCUT2D eigenvalue weighted by Gasteiger charge is -2.43. The first kappa shape index (κ1) is 25.0. The maximum atomic E-state index is 12.6. The highest BCUT2D eigenvalue weighted by molar-refractivity contribution is 6.99. The Kier molecular flexibility index (Phi) is 6.97. The van der Waals surface area contributed by atoms with Crippen LogP contribution in [0, 0.1) is 0 Å². The maximum absolute atomic E-state index is 12.6. The van der Waals surface area contributed by atoms with Gasteiger partial charge in [0.15, 0.2) is 24.0 Å². The van der Waals surface area contributed by atoms with Crippen LogP contribution in [0.5, 0.6) is 0 Å². The molecule has 0 spiro atoms. The van der Waals surface area contributed by atoms with Crippen LogP contribution in [0.3, 0.4) is 0 Å². The first-order valence-corrected chi connectivity index (χ1v) is 13.6. The average Bonchev–Trinajstić information content (AvgIpc) is 3.10. The third kappa shape index (κ3) is 4.82. The quantitative estimate of drug-likeness (QED) is 0.639. The molecule has 2 heterocycles.